The highest BCUT2D eigenvalue weighted by Gasteiger charge is 2.28. The van der Waals surface area contributed by atoms with Crippen molar-refractivity contribution in [1.82, 2.24) is 10.3 Å². The quantitative estimate of drug-likeness (QED) is 0.815. The van der Waals surface area contributed by atoms with Crippen LogP contribution in [0.15, 0.2) is 42.6 Å². The molecule has 0 aliphatic carbocycles. The van der Waals surface area contributed by atoms with Crippen LogP contribution < -0.4 is 14.8 Å². The maximum absolute atomic E-state index is 12.1. The van der Waals surface area contributed by atoms with Crippen molar-refractivity contribution in [2.75, 3.05) is 13.2 Å². The molecular weight excluding hydrogens is 351 g/mol. The summed E-state index contributed by atoms with van der Waals surface area (Å²) >= 11 is 0. The number of halogens is 3. The zero-order chi connectivity index (χ0) is 19.0. The summed E-state index contributed by atoms with van der Waals surface area (Å²) in [5.74, 6) is -0.230. The maximum atomic E-state index is 12.1. The number of nitrogens with one attached hydrogen (secondary N) is 1. The molecule has 0 aliphatic heterocycles. The monoisotopic (exact) mass is 365 g/mol. The van der Waals surface area contributed by atoms with E-state index in [0.717, 1.165) is 0 Å². The summed E-state index contributed by atoms with van der Waals surface area (Å²) in [6, 6.07) is 11.2. The van der Waals surface area contributed by atoms with Gasteiger partial charge >= 0.3 is 6.18 Å². The number of carbonyl (C=O) groups is 1. The molecule has 136 valence electrons. The molecule has 1 aromatic heterocycles. The first-order chi connectivity index (χ1) is 12.4. The number of hydrogen-bond acceptors (Lipinski definition) is 5. The molecule has 0 saturated carbocycles. The predicted molar refractivity (Wildman–Crippen MR) is 84.3 cm³/mol. The number of amides is 1. The Bertz CT molecular complexity index is 804. The molecular formula is C17H14F3N3O3. The number of ether oxygens (including phenoxy) is 2. The molecule has 1 amide bonds. The zero-order valence-corrected chi connectivity index (χ0v) is 13.4. The fraction of sp³-hybridized carbons (Fsp3) is 0.235. The molecule has 0 aliphatic rings. The molecule has 1 heterocycles. The molecule has 0 radical (unpaired) electrons. The van der Waals surface area contributed by atoms with Crippen molar-refractivity contribution >= 4 is 5.91 Å². The third kappa shape index (κ3) is 6.68. The fourth-order valence-corrected chi connectivity index (χ4v) is 1.85. The highest BCUT2D eigenvalue weighted by molar-refractivity contribution is 5.77. The average Bonchev–Trinajstić information content (AvgIpc) is 2.63. The Morgan fingerprint density at radius 2 is 2.04 bits per heavy atom. The Kier molecular flexibility index (Phi) is 6.38. The van der Waals surface area contributed by atoms with E-state index in [9.17, 15) is 18.0 Å². The van der Waals surface area contributed by atoms with Gasteiger partial charge < -0.3 is 14.8 Å². The number of nitriles is 1. The van der Waals surface area contributed by atoms with Gasteiger partial charge in [-0.15, -0.1) is 0 Å². The van der Waals surface area contributed by atoms with Crippen LogP contribution in [0.4, 0.5) is 13.2 Å². The third-order valence-corrected chi connectivity index (χ3v) is 3.01. The first-order valence-corrected chi connectivity index (χ1v) is 7.40. The van der Waals surface area contributed by atoms with E-state index in [2.05, 4.69) is 15.0 Å². The van der Waals surface area contributed by atoms with Crippen LogP contribution in [0, 0.1) is 11.3 Å². The molecule has 0 fully saturated rings. The van der Waals surface area contributed by atoms with E-state index in [0.29, 0.717) is 16.9 Å². The summed E-state index contributed by atoms with van der Waals surface area (Å²) in [6.45, 7) is -1.63. The van der Waals surface area contributed by atoms with Crippen LogP contribution in [0.1, 0.15) is 11.1 Å². The average molecular weight is 365 g/mol. The second kappa shape index (κ2) is 8.71. The van der Waals surface area contributed by atoms with E-state index in [4.69, 9.17) is 10.00 Å². The van der Waals surface area contributed by atoms with Crippen LogP contribution >= 0.6 is 0 Å². The van der Waals surface area contributed by atoms with Gasteiger partial charge in [-0.1, -0.05) is 6.07 Å². The van der Waals surface area contributed by atoms with Gasteiger partial charge in [0.15, 0.2) is 13.2 Å². The van der Waals surface area contributed by atoms with Crippen molar-refractivity contribution in [2.45, 2.75) is 12.7 Å². The summed E-state index contributed by atoms with van der Waals surface area (Å²) in [5, 5.41) is 11.4. The van der Waals surface area contributed by atoms with Gasteiger partial charge in [0, 0.05) is 18.8 Å². The van der Waals surface area contributed by atoms with Crippen molar-refractivity contribution in [3.63, 3.8) is 0 Å². The van der Waals surface area contributed by atoms with Crippen LogP contribution in [0.3, 0.4) is 0 Å². The van der Waals surface area contributed by atoms with E-state index in [1.807, 2.05) is 6.07 Å². The van der Waals surface area contributed by atoms with Crippen LogP contribution in [0.2, 0.25) is 0 Å². The van der Waals surface area contributed by atoms with Gasteiger partial charge in [-0.2, -0.15) is 18.4 Å². The van der Waals surface area contributed by atoms with Crippen molar-refractivity contribution in [1.29, 1.82) is 5.26 Å². The minimum absolute atomic E-state index is 0.0747. The highest BCUT2D eigenvalue weighted by atomic mass is 19.4. The van der Waals surface area contributed by atoms with E-state index < -0.39 is 18.7 Å². The van der Waals surface area contributed by atoms with E-state index in [1.165, 1.54) is 24.4 Å². The van der Waals surface area contributed by atoms with Crippen molar-refractivity contribution < 1.29 is 27.4 Å². The number of aromatic nitrogens is 1. The summed E-state index contributed by atoms with van der Waals surface area (Å²) in [5.41, 5.74) is 0.933. The van der Waals surface area contributed by atoms with Gasteiger partial charge in [0.1, 0.15) is 5.75 Å². The number of nitrogens with zero attached hydrogens (tertiary/aromatic N) is 2. The molecule has 0 unspecified atom stereocenters. The molecule has 1 N–H and O–H groups in total. The molecule has 26 heavy (non-hydrogen) atoms. The van der Waals surface area contributed by atoms with Gasteiger partial charge in [-0.05, 0) is 29.8 Å². The lowest BCUT2D eigenvalue weighted by Gasteiger charge is -2.10. The minimum Gasteiger partial charge on any atom is -0.484 e. The molecule has 0 atom stereocenters. The molecule has 2 aromatic rings. The van der Waals surface area contributed by atoms with Crippen LogP contribution in [-0.4, -0.2) is 30.3 Å². The summed E-state index contributed by atoms with van der Waals surface area (Å²) in [4.78, 5) is 15.5. The van der Waals surface area contributed by atoms with Crippen LogP contribution in [-0.2, 0) is 11.3 Å². The Morgan fingerprint density at radius 1 is 1.23 bits per heavy atom. The molecule has 6 nitrogen and oxygen atoms in total. The molecule has 0 bridgehead atoms. The number of hydrogen-bond donors (Lipinski definition) is 1. The summed E-state index contributed by atoms with van der Waals surface area (Å²) < 4.78 is 46.2. The molecule has 9 heteroatoms. The molecule has 0 spiro atoms. The van der Waals surface area contributed by atoms with Crippen molar-refractivity contribution in [3.8, 4) is 17.7 Å². The Balaban J connectivity index is 1.80. The highest BCUT2D eigenvalue weighted by Crippen LogP contribution is 2.17. The van der Waals surface area contributed by atoms with Gasteiger partial charge in [0.25, 0.3) is 5.91 Å². The van der Waals surface area contributed by atoms with Gasteiger partial charge in [0.2, 0.25) is 5.88 Å². The SMILES string of the molecule is N#Cc1cccc(OCC(=O)NCc2ccnc(OCC(F)(F)F)c2)c1. The molecule has 0 saturated heterocycles. The van der Waals surface area contributed by atoms with Crippen LogP contribution in [0.25, 0.3) is 0 Å². The number of alkyl halides is 3. The van der Waals surface area contributed by atoms with Gasteiger partial charge in [-0.25, -0.2) is 4.98 Å². The lowest BCUT2D eigenvalue weighted by atomic mass is 10.2. The molecule has 1 aromatic carbocycles. The van der Waals surface area contributed by atoms with E-state index in [-0.39, 0.29) is 19.0 Å². The largest absolute Gasteiger partial charge is 0.484 e. The fourth-order valence-electron chi connectivity index (χ4n) is 1.85. The second-order valence-corrected chi connectivity index (χ2v) is 5.11. The smallest absolute Gasteiger partial charge is 0.422 e. The minimum atomic E-state index is -4.45. The van der Waals surface area contributed by atoms with Crippen LogP contribution in [0.5, 0.6) is 11.6 Å². The Hall–Kier alpha value is -3.28. The van der Waals surface area contributed by atoms with Gasteiger partial charge in [0.05, 0.1) is 11.6 Å². The van der Waals surface area contributed by atoms with Gasteiger partial charge in [-0.3, -0.25) is 4.79 Å². The standard InChI is InChI=1S/C17H14F3N3O3/c18-17(19,20)11-26-16-7-13(4-5-22-16)9-23-15(24)10-25-14-3-1-2-12(6-14)8-21/h1-7H,9-11H2,(H,23,24). The summed E-state index contributed by atoms with van der Waals surface area (Å²) in [6.07, 6.45) is -3.16. The Labute approximate surface area is 147 Å². The Morgan fingerprint density at radius 3 is 2.77 bits per heavy atom. The predicted octanol–water partition coefficient (Wildman–Crippen LogP) is 2.59. The summed E-state index contributed by atoms with van der Waals surface area (Å²) in [7, 11) is 0. The van der Waals surface area contributed by atoms with Crippen molar-refractivity contribution in [2.24, 2.45) is 0 Å². The molecule has 2 rings (SSSR count). The number of carbonyl (C=O) groups excluding carboxylic acids is 1. The number of benzene rings is 1. The van der Waals surface area contributed by atoms with E-state index in [1.54, 1.807) is 18.2 Å². The lowest BCUT2D eigenvalue weighted by molar-refractivity contribution is -0.154. The maximum Gasteiger partial charge on any atom is 0.422 e. The van der Waals surface area contributed by atoms with Crippen molar-refractivity contribution in [3.05, 3.63) is 53.7 Å². The normalized spacial score (nSPS) is 10.7. The third-order valence-electron chi connectivity index (χ3n) is 3.01. The first-order valence-electron chi connectivity index (χ1n) is 7.40. The number of pyridine rings is 1. The lowest BCUT2D eigenvalue weighted by Crippen LogP contribution is -2.28. The van der Waals surface area contributed by atoms with E-state index >= 15 is 0 Å². The zero-order valence-electron chi connectivity index (χ0n) is 13.4. The first kappa shape index (κ1) is 19.1. The second-order valence-electron chi connectivity index (χ2n) is 5.11. The topological polar surface area (TPSA) is 84.2 Å². The number of rotatable bonds is 7.